The zero-order chi connectivity index (χ0) is 14.8. The first kappa shape index (κ1) is 14.0. The van der Waals surface area contributed by atoms with Gasteiger partial charge in [-0.25, -0.2) is 0 Å². The lowest BCUT2D eigenvalue weighted by Gasteiger charge is -2.14. The highest BCUT2D eigenvalue weighted by Gasteiger charge is 2.11. The average molecular weight is 290 g/mol. The van der Waals surface area contributed by atoms with Gasteiger partial charge in [-0.3, -0.25) is 0 Å². The fraction of sp³-hybridized carbons (Fsp3) is 0.100. The second-order valence-corrected chi connectivity index (χ2v) is 5.78. The zero-order valence-corrected chi connectivity index (χ0v) is 13.2. The Hall–Kier alpha value is -1.99. The molecule has 0 aliphatic heterocycles. The minimum atomic E-state index is 1.04. The Labute approximate surface area is 131 Å². The van der Waals surface area contributed by atoms with Crippen LogP contribution in [0.3, 0.4) is 0 Å². The summed E-state index contributed by atoms with van der Waals surface area (Å²) < 4.78 is 0. The second kappa shape index (κ2) is 5.79. The number of hydrogen-bond donors (Lipinski definition) is 1. The number of rotatable bonds is 2. The van der Waals surface area contributed by atoms with E-state index < -0.39 is 0 Å². The van der Waals surface area contributed by atoms with Crippen molar-refractivity contribution >= 4 is 12.6 Å². The molecular weight excluding hydrogens is 272 g/mol. The molecule has 3 aromatic rings. The molecule has 0 amide bonds. The first-order valence-corrected chi connectivity index (χ1v) is 7.57. The Kier molecular flexibility index (Phi) is 3.85. The summed E-state index contributed by atoms with van der Waals surface area (Å²) in [6, 6.07) is 23.3. The zero-order valence-electron chi connectivity index (χ0n) is 12.3. The lowest BCUT2D eigenvalue weighted by Crippen LogP contribution is -1.89. The smallest absolute Gasteiger partial charge is 0.0198 e. The maximum Gasteiger partial charge on any atom is 0.0198 e. The molecule has 0 unspecified atom stereocenters. The van der Waals surface area contributed by atoms with Crippen molar-refractivity contribution in [1.82, 2.24) is 0 Å². The maximum atomic E-state index is 4.83. The molecule has 21 heavy (non-hydrogen) atoms. The van der Waals surface area contributed by atoms with E-state index in [2.05, 4.69) is 80.6 Å². The van der Waals surface area contributed by atoms with Crippen LogP contribution in [0.4, 0.5) is 0 Å². The van der Waals surface area contributed by atoms with Gasteiger partial charge in [0.25, 0.3) is 0 Å². The molecule has 0 saturated carbocycles. The molecule has 3 aromatic carbocycles. The van der Waals surface area contributed by atoms with Crippen molar-refractivity contribution in [2.75, 3.05) is 0 Å². The van der Waals surface area contributed by atoms with E-state index in [1.807, 2.05) is 0 Å². The molecule has 0 aliphatic rings. The predicted molar refractivity (Wildman–Crippen MR) is 94.0 cm³/mol. The number of benzene rings is 3. The molecule has 1 heteroatoms. The molecule has 0 spiro atoms. The van der Waals surface area contributed by atoms with Crippen LogP contribution in [0.15, 0.2) is 71.6 Å². The third-order valence-electron chi connectivity index (χ3n) is 3.91. The summed E-state index contributed by atoms with van der Waals surface area (Å²) in [5.74, 6) is 0. The van der Waals surface area contributed by atoms with E-state index in [9.17, 15) is 0 Å². The van der Waals surface area contributed by atoms with Crippen LogP contribution in [0.25, 0.3) is 22.3 Å². The predicted octanol–water partition coefficient (Wildman–Crippen LogP) is 5.93. The van der Waals surface area contributed by atoms with Gasteiger partial charge < -0.3 is 0 Å². The lowest BCUT2D eigenvalue weighted by molar-refractivity contribution is 1.37. The van der Waals surface area contributed by atoms with E-state index in [1.54, 1.807) is 0 Å². The van der Waals surface area contributed by atoms with Gasteiger partial charge in [0.15, 0.2) is 0 Å². The molecule has 0 bridgehead atoms. The van der Waals surface area contributed by atoms with Crippen molar-refractivity contribution in [3.05, 3.63) is 77.9 Å². The van der Waals surface area contributed by atoms with Crippen LogP contribution in [0.2, 0.25) is 0 Å². The lowest BCUT2D eigenvalue weighted by atomic mass is 9.94. The van der Waals surface area contributed by atoms with Crippen molar-refractivity contribution in [3.8, 4) is 22.3 Å². The average Bonchev–Trinajstić information content (AvgIpc) is 2.49. The highest BCUT2D eigenvalue weighted by atomic mass is 32.1. The van der Waals surface area contributed by atoms with E-state index in [1.165, 1.54) is 33.4 Å². The summed E-state index contributed by atoms with van der Waals surface area (Å²) in [6.45, 7) is 4.28. The Balaban J connectivity index is 2.21. The third kappa shape index (κ3) is 2.62. The normalized spacial score (nSPS) is 10.6. The van der Waals surface area contributed by atoms with Gasteiger partial charge >= 0.3 is 0 Å². The molecule has 0 N–H and O–H groups in total. The van der Waals surface area contributed by atoms with Crippen molar-refractivity contribution in [2.45, 2.75) is 18.7 Å². The van der Waals surface area contributed by atoms with E-state index in [0.29, 0.717) is 0 Å². The Morgan fingerprint density at radius 3 is 1.33 bits per heavy atom. The fourth-order valence-corrected chi connectivity index (χ4v) is 3.12. The minimum absolute atomic E-state index is 1.04. The summed E-state index contributed by atoms with van der Waals surface area (Å²) in [5, 5.41) is 0. The maximum absolute atomic E-state index is 4.83. The number of thiol groups is 1. The third-order valence-corrected chi connectivity index (χ3v) is 4.39. The Morgan fingerprint density at radius 2 is 0.905 bits per heavy atom. The molecule has 0 saturated heterocycles. The van der Waals surface area contributed by atoms with Gasteiger partial charge in [0.1, 0.15) is 0 Å². The van der Waals surface area contributed by atoms with Gasteiger partial charge in [-0.05, 0) is 47.2 Å². The Morgan fingerprint density at radius 1 is 0.524 bits per heavy atom. The SMILES string of the molecule is Cc1ccccc1-c1cccc(-c2ccccc2C)c1S. The van der Waals surface area contributed by atoms with Gasteiger partial charge in [0.2, 0.25) is 0 Å². The van der Waals surface area contributed by atoms with Gasteiger partial charge in [-0.15, -0.1) is 12.6 Å². The van der Waals surface area contributed by atoms with E-state index >= 15 is 0 Å². The van der Waals surface area contributed by atoms with E-state index in [-0.39, 0.29) is 0 Å². The van der Waals surface area contributed by atoms with Crippen LogP contribution >= 0.6 is 12.6 Å². The van der Waals surface area contributed by atoms with Crippen LogP contribution in [-0.4, -0.2) is 0 Å². The monoisotopic (exact) mass is 290 g/mol. The van der Waals surface area contributed by atoms with Gasteiger partial charge in [0, 0.05) is 4.90 Å². The summed E-state index contributed by atoms with van der Waals surface area (Å²) in [7, 11) is 0. The van der Waals surface area contributed by atoms with Gasteiger partial charge in [-0.1, -0.05) is 66.7 Å². The summed E-state index contributed by atoms with van der Waals surface area (Å²) in [5.41, 5.74) is 7.43. The molecule has 0 aromatic heterocycles. The number of hydrogen-bond acceptors (Lipinski definition) is 1. The van der Waals surface area contributed by atoms with Gasteiger partial charge in [0.05, 0.1) is 0 Å². The van der Waals surface area contributed by atoms with Gasteiger partial charge in [-0.2, -0.15) is 0 Å². The molecule has 0 atom stereocenters. The minimum Gasteiger partial charge on any atom is -0.142 e. The topological polar surface area (TPSA) is 0 Å². The van der Waals surface area contributed by atoms with Crippen molar-refractivity contribution in [3.63, 3.8) is 0 Å². The quantitative estimate of drug-likeness (QED) is 0.556. The molecular formula is C20H18S. The van der Waals surface area contributed by atoms with Crippen LogP contribution in [0, 0.1) is 13.8 Å². The standard InChI is InChI=1S/C20H18S/c1-14-8-3-5-10-16(14)18-12-7-13-19(20(18)21)17-11-6-4-9-15(17)2/h3-13,21H,1-2H3. The van der Waals surface area contributed by atoms with Crippen molar-refractivity contribution < 1.29 is 0 Å². The first-order chi connectivity index (χ1) is 10.2. The van der Waals surface area contributed by atoms with E-state index in [4.69, 9.17) is 12.6 Å². The van der Waals surface area contributed by atoms with Crippen LogP contribution in [0.1, 0.15) is 11.1 Å². The van der Waals surface area contributed by atoms with Crippen LogP contribution < -0.4 is 0 Å². The number of aryl methyl sites for hydroxylation is 2. The van der Waals surface area contributed by atoms with Crippen LogP contribution in [0.5, 0.6) is 0 Å². The molecule has 0 nitrogen and oxygen atoms in total. The fourth-order valence-electron chi connectivity index (χ4n) is 2.73. The Bertz CT molecular complexity index is 724. The largest absolute Gasteiger partial charge is 0.142 e. The van der Waals surface area contributed by atoms with Crippen molar-refractivity contribution in [1.29, 1.82) is 0 Å². The van der Waals surface area contributed by atoms with E-state index in [0.717, 1.165) is 4.90 Å². The highest BCUT2D eigenvalue weighted by Crippen LogP contribution is 2.37. The highest BCUT2D eigenvalue weighted by molar-refractivity contribution is 7.80. The summed E-state index contributed by atoms with van der Waals surface area (Å²) in [6.07, 6.45) is 0. The summed E-state index contributed by atoms with van der Waals surface area (Å²) in [4.78, 5) is 1.04. The molecule has 3 rings (SSSR count). The summed E-state index contributed by atoms with van der Waals surface area (Å²) >= 11 is 4.83. The molecule has 0 fully saturated rings. The van der Waals surface area contributed by atoms with Crippen molar-refractivity contribution in [2.24, 2.45) is 0 Å². The molecule has 0 radical (unpaired) electrons. The second-order valence-electron chi connectivity index (χ2n) is 5.33. The van der Waals surface area contributed by atoms with Crippen LogP contribution in [-0.2, 0) is 0 Å². The first-order valence-electron chi connectivity index (χ1n) is 7.12. The molecule has 0 heterocycles. The molecule has 0 aliphatic carbocycles. The molecule has 104 valence electrons.